The van der Waals surface area contributed by atoms with Gasteiger partial charge in [-0.25, -0.2) is 0 Å². The van der Waals surface area contributed by atoms with Gasteiger partial charge in [0, 0.05) is 19.1 Å². The van der Waals surface area contributed by atoms with Crippen molar-refractivity contribution in [2.75, 3.05) is 26.7 Å². The summed E-state index contributed by atoms with van der Waals surface area (Å²) in [5.74, 6) is 0.230. The predicted octanol–water partition coefficient (Wildman–Crippen LogP) is 2.68. The van der Waals surface area contributed by atoms with Crippen LogP contribution in [0.15, 0.2) is 12.2 Å². The molecule has 1 aliphatic carbocycles. The molecule has 0 unspecified atom stereocenters. The van der Waals surface area contributed by atoms with E-state index in [2.05, 4.69) is 18.5 Å². The molecule has 0 heterocycles. The van der Waals surface area contributed by atoms with Crippen LogP contribution in [-0.4, -0.2) is 48.4 Å². The lowest BCUT2D eigenvalue weighted by atomic mass is 9.94. The van der Waals surface area contributed by atoms with Crippen LogP contribution in [0.3, 0.4) is 0 Å². The van der Waals surface area contributed by atoms with Gasteiger partial charge in [-0.05, 0) is 33.7 Å². The lowest BCUT2D eigenvalue weighted by Gasteiger charge is -2.32. The second-order valence-corrected chi connectivity index (χ2v) is 5.57. The number of carbonyl (C=O) groups is 1. The Kier molecular flexibility index (Phi) is 6.41. The van der Waals surface area contributed by atoms with E-state index in [1.807, 2.05) is 18.7 Å². The maximum atomic E-state index is 12.2. The smallest absolute Gasteiger partial charge is 0.237 e. The molecule has 1 saturated carbocycles. The zero-order chi connectivity index (χ0) is 13.5. The van der Waals surface area contributed by atoms with Gasteiger partial charge in [-0.3, -0.25) is 9.69 Å². The second kappa shape index (κ2) is 7.57. The Morgan fingerprint density at radius 3 is 2.33 bits per heavy atom. The van der Waals surface area contributed by atoms with Gasteiger partial charge in [0.05, 0.1) is 6.54 Å². The Hall–Kier alpha value is -0.830. The Morgan fingerprint density at radius 2 is 1.83 bits per heavy atom. The van der Waals surface area contributed by atoms with E-state index in [9.17, 15) is 4.79 Å². The highest BCUT2D eigenvalue weighted by molar-refractivity contribution is 5.78. The monoisotopic (exact) mass is 252 g/mol. The fourth-order valence-electron chi connectivity index (χ4n) is 2.67. The van der Waals surface area contributed by atoms with Crippen LogP contribution in [0.4, 0.5) is 0 Å². The number of rotatable bonds is 6. The van der Waals surface area contributed by atoms with Crippen LogP contribution >= 0.6 is 0 Å². The minimum absolute atomic E-state index is 0.230. The van der Waals surface area contributed by atoms with Gasteiger partial charge in [0.1, 0.15) is 0 Å². The summed E-state index contributed by atoms with van der Waals surface area (Å²) in [6, 6.07) is 0.603. The molecule has 0 bridgehead atoms. The number of hydrogen-bond donors (Lipinski definition) is 0. The molecule has 3 heteroatoms. The molecule has 104 valence electrons. The predicted molar refractivity (Wildman–Crippen MR) is 76.6 cm³/mol. The maximum absolute atomic E-state index is 12.2. The minimum atomic E-state index is 0.230. The molecule has 0 radical (unpaired) electrons. The summed E-state index contributed by atoms with van der Waals surface area (Å²) in [4.78, 5) is 16.3. The van der Waals surface area contributed by atoms with Crippen molar-refractivity contribution in [2.45, 2.75) is 52.0 Å². The Bertz CT molecular complexity index is 282. The fourth-order valence-corrected chi connectivity index (χ4v) is 2.67. The van der Waals surface area contributed by atoms with E-state index in [-0.39, 0.29) is 5.91 Å². The van der Waals surface area contributed by atoms with Crippen LogP contribution in [0.1, 0.15) is 46.0 Å². The number of nitrogens with zero attached hydrogens (tertiary/aromatic N) is 2. The summed E-state index contributed by atoms with van der Waals surface area (Å²) < 4.78 is 0. The van der Waals surface area contributed by atoms with Crippen molar-refractivity contribution >= 4 is 5.91 Å². The molecule has 0 aliphatic heterocycles. The van der Waals surface area contributed by atoms with Crippen molar-refractivity contribution in [1.82, 2.24) is 9.80 Å². The molecule has 0 N–H and O–H groups in total. The third-order valence-electron chi connectivity index (χ3n) is 3.78. The molecule has 0 saturated heterocycles. The van der Waals surface area contributed by atoms with Gasteiger partial charge >= 0.3 is 0 Å². The van der Waals surface area contributed by atoms with Gasteiger partial charge in [0.25, 0.3) is 0 Å². The lowest BCUT2D eigenvalue weighted by molar-refractivity contribution is -0.132. The first-order valence-corrected chi connectivity index (χ1v) is 7.17. The second-order valence-electron chi connectivity index (χ2n) is 5.57. The van der Waals surface area contributed by atoms with E-state index in [1.54, 1.807) is 0 Å². The molecule has 0 aromatic rings. The van der Waals surface area contributed by atoms with E-state index >= 15 is 0 Å². The zero-order valence-corrected chi connectivity index (χ0v) is 12.2. The van der Waals surface area contributed by atoms with Crippen LogP contribution in [-0.2, 0) is 4.79 Å². The summed E-state index contributed by atoms with van der Waals surface area (Å²) in [6.07, 6.45) is 6.47. The topological polar surface area (TPSA) is 23.6 Å². The highest BCUT2D eigenvalue weighted by Crippen LogP contribution is 2.21. The third kappa shape index (κ3) is 4.81. The number of carbonyl (C=O) groups excluding carboxylic acids is 1. The van der Waals surface area contributed by atoms with Gasteiger partial charge in [-0.15, -0.1) is 0 Å². The zero-order valence-electron chi connectivity index (χ0n) is 12.2. The van der Waals surface area contributed by atoms with Gasteiger partial charge in [-0.2, -0.15) is 0 Å². The molecular formula is C15H28N2O. The summed E-state index contributed by atoms with van der Waals surface area (Å²) in [7, 11) is 2.09. The normalized spacial score (nSPS) is 16.9. The van der Waals surface area contributed by atoms with Gasteiger partial charge in [0.2, 0.25) is 5.91 Å². The van der Waals surface area contributed by atoms with Crippen LogP contribution in [0.5, 0.6) is 0 Å². The summed E-state index contributed by atoms with van der Waals surface area (Å²) >= 11 is 0. The Labute approximate surface area is 112 Å². The maximum Gasteiger partial charge on any atom is 0.237 e. The van der Waals surface area contributed by atoms with E-state index in [1.165, 1.54) is 32.1 Å². The lowest BCUT2D eigenvalue weighted by Crippen LogP contribution is -2.43. The molecule has 18 heavy (non-hydrogen) atoms. The Morgan fingerprint density at radius 1 is 1.22 bits per heavy atom. The molecule has 1 rings (SSSR count). The van der Waals surface area contributed by atoms with Crippen molar-refractivity contribution in [1.29, 1.82) is 0 Å². The molecule has 0 spiro atoms. The average molecular weight is 252 g/mol. The van der Waals surface area contributed by atoms with E-state index in [4.69, 9.17) is 0 Å². The van der Waals surface area contributed by atoms with Gasteiger partial charge < -0.3 is 4.90 Å². The summed E-state index contributed by atoms with van der Waals surface area (Å²) in [6.45, 7) is 9.89. The minimum Gasteiger partial charge on any atom is -0.338 e. The fraction of sp³-hybridized carbons (Fsp3) is 0.800. The standard InChI is InChI=1S/C15H28N2O/c1-5-17(11-13(2)3)15(18)12-16(4)14-9-7-6-8-10-14/h14H,2,5-12H2,1,3-4H3. The van der Waals surface area contributed by atoms with Crippen LogP contribution in [0, 0.1) is 0 Å². The number of likely N-dealkylation sites (N-methyl/N-ethyl adjacent to an activating group) is 2. The van der Waals surface area contributed by atoms with Crippen molar-refractivity contribution in [3.63, 3.8) is 0 Å². The number of hydrogen-bond acceptors (Lipinski definition) is 2. The van der Waals surface area contributed by atoms with Crippen LogP contribution in [0.25, 0.3) is 0 Å². The average Bonchev–Trinajstić information content (AvgIpc) is 2.36. The van der Waals surface area contributed by atoms with Crippen molar-refractivity contribution < 1.29 is 4.79 Å². The molecule has 0 aromatic carbocycles. The first-order chi connectivity index (χ1) is 8.54. The molecule has 1 aliphatic rings. The van der Waals surface area contributed by atoms with Gasteiger partial charge in [-0.1, -0.05) is 31.4 Å². The molecule has 1 fully saturated rings. The highest BCUT2D eigenvalue weighted by Gasteiger charge is 2.21. The first kappa shape index (κ1) is 15.2. The van der Waals surface area contributed by atoms with E-state index < -0.39 is 0 Å². The van der Waals surface area contributed by atoms with E-state index in [0.29, 0.717) is 19.1 Å². The number of amides is 1. The highest BCUT2D eigenvalue weighted by atomic mass is 16.2. The largest absolute Gasteiger partial charge is 0.338 e. The summed E-state index contributed by atoms with van der Waals surface area (Å²) in [5.41, 5.74) is 1.05. The first-order valence-electron chi connectivity index (χ1n) is 7.17. The molecule has 1 amide bonds. The molecule has 0 aromatic heterocycles. The van der Waals surface area contributed by atoms with Crippen molar-refractivity contribution in [3.05, 3.63) is 12.2 Å². The van der Waals surface area contributed by atoms with Crippen LogP contribution in [0.2, 0.25) is 0 Å². The Balaban J connectivity index is 2.43. The molecular weight excluding hydrogens is 224 g/mol. The molecule has 0 atom stereocenters. The van der Waals surface area contributed by atoms with E-state index in [0.717, 1.165) is 12.1 Å². The van der Waals surface area contributed by atoms with Crippen molar-refractivity contribution in [3.8, 4) is 0 Å². The van der Waals surface area contributed by atoms with Gasteiger partial charge in [0.15, 0.2) is 0 Å². The van der Waals surface area contributed by atoms with Crippen molar-refractivity contribution in [2.24, 2.45) is 0 Å². The summed E-state index contributed by atoms with van der Waals surface area (Å²) in [5, 5.41) is 0. The third-order valence-corrected chi connectivity index (χ3v) is 3.78. The molecule has 3 nitrogen and oxygen atoms in total. The SMILES string of the molecule is C=C(C)CN(CC)C(=O)CN(C)C1CCCCC1. The quantitative estimate of drug-likeness (QED) is 0.679. The van der Waals surface area contributed by atoms with Crippen LogP contribution < -0.4 is 0 Å².